The van der Waals surface area contributed by atoms with Crippen LogP contribution in [0, 0.1) is 0 Å². The zero-order chi connectivity index (χ0) is 11.6. The van der Waals surface area contributed by atoms with Crippen molar-refractivity contribution in [3.05, 3.63) is 0 Å². The molecule has 84 valence electrons. The van der Waals surface area contributed by atoms with Crippen LogP contribution in [0.3, 0.4) is 0 Å². The van der Waals surface area contributed by atoms with E-state index in [2.05, 4.69) is 14.2 Å². The Morgan fingerprint density at radius 3 is 1.79 bits per heavy atom. The molecular weight excluding hydrogens is 188 g/mol. The molecule has 0 saturated carbocycles. The summed E-state index contributed by atoms with van der Waals surface area (Å²) in [6.45, 7) is 6.65. The third-order valence-electron chi connectivity index (χ3n) is 1.01. The highest BCUT2D eigenvalue weighted by atomic mass is 16.7. The number of esters is 2. The Labute approximate surface area is 84.3 Å². The summed E-state index contributed by atoms with van der Waals surface area (Å²) in [5, 5.41) is 0. The zero-order valence-electron chi connectivity index (χ0n) is 9.33. The van der Waals surface area contributed by atoms with Gasteiger partial charge >= 0.3 is 11.9 Å². The van der Waals surface area contributed by atoms with Crippen LogP contribution in [-0.2, 0) is 23.8 Å². The number of carbonyl (C=O) groups excluding carboxylic acids is 2. The SMILES string of the molecule is CCOC(C)=O.COC(C)OC(C)=O. The van der Waals surface area contributed by atoms with E-state index in [1.165, 1.54) is 21.0 Å². The van der Waals surface area contributed by atoms with Gasteiger partial charge in [0.1, 0.15) is 0 Å². The first kappa shape index (κ1) is 15.4. The molecular formula is C9H18O5. The quantitative estimate of drug-likeness (QED) is 0.511. The van der Waals surface area contributed by atoms with Crippen molar-refractivity contribution in [2.24, 2.45) is 0 Å². The fourth-order valence-electron chi connectivity index (χ4n) is 0.485. The van der Waals surface area contributed by atoms with Crippen molar-refractivity contribution in [3.63, 3.8) is 0 Å². The average Bonchev–Trinajstić information content (AvgIpc) is 2.03. The van der Waals surface area contributed by atoms with Gasteiger partial charge in [0.15, 0.2) is 6.29 Å². The smallest absolute Gasteiger partial charge is 0.304 e. The summed E-state index contributed by atoms with van der Waals surface area (Å²) in [6, 6.07) is 0. The minimum absolute atomic E-state index is 0.211. The summed E-state index contributed by atoms with van der Waals surface area (Å²) in [6.07, 6.45) is -0.424. The first-order chi connectivity index (χ1) is 6.43. The van der Waals surface area contributed by atoms with Gasteiger partial charge in [-0.3, -0.25) is 9.59 Å². The molecule has 0 fully saturated rings. The summed E-state index contributed by atoms with van der Waals surface area (Å²) in [4.78, 5) is 19.9. The van der Waals surface area contributed by atoms with Crippen LogP contribution in [-0.4, -0.2) is 31.9 Å². The first-order valence-corrected chi connectivity index (χ1v) is 4.27. The van der Waals surface area contributed by atoms with Crippen LogP contribution in [0.2, 0.25) is 0 Å². The molecule has 0 aromatic rings. The molecule has 1 atom stereocenters. The van der Waals surface area contributed by atoms with Gasteiger partial charge in [0, 0.05) is 21.0 Å². The zero-order valence-corrected chi connectivity index (χ0v) is 9.33. The van der Waals surface area contributed by atoms with Crippen LogP contribution in [0.25, 0.3) is 0 Å². The summed E-state index contributed by atoms with van der Waals surface area (Å²) in [5.41, 5.74) is 0. The number of hydrogen-bond acceptors (Lipinski definition) is 5. The van der Waals surface area contributed by atoms with Crippen molar-refractivity contribution in [1.29, 1.82) is 0 Å². The summed E-state index contributed by atoms with van der Waals surface area (Å²) in [7, 11) is 1.48. The molecule has 0 aromatic heterocycles. The molecule has 0 aliphatic rings. The third kappa shape index (κ3) is 17.1. The van der Waals surface area contributed by atoms with Gasteiger partial charge in [-0.05, 0) is 13.8 Å². The minimum Gasteiger partial charge on any atom is -0.466 e. The maximum atomic E-state index is 10.1. The summed E-state index contributed by atoms with van der Waals surface area (Å²) < 4.78 is 13.6. The Bertz CT molecular complexity index is 167. The molecule has 0 spiro atoms. The van der Waals surface area contributed by atoms with Crippen LogP contribution < -0.4 is 0 Å². The largest absolute Gasteiger partial charge is 0.466 e. The second kappa shape index (κ2) is 9.98. The van der Waals surface area contributed by atoms with E-state index >= 15 is 0 Å². The van der Waals surface area contributed by atoms with E-state index in [9.17, 15) is 9.59 Å². The van der Waals surface area contributed by atoms with Crippen LogP contribution in [0.4, 0.5) is 0 Å². The van der Waals surface area contributed by atoms with Crippen molar-refractivity contribution in [2.75, 3.05) is 13.7 Å². The Morgan fingerprint density at radius 1 is 1.21 bits per heavy atom. The van der Waals surface area contributed by atoms with Crippen LogP contribution in [0.5, 0.6) is 0 Å². The summed E-state index contributed by atoms with van der Waals surface area (Å²) >= 11 is 0. The van der Waals surface area contributed by atoms with Crippen molar-refractivity contribution in [3.8, 4) is 0 Å². The highest BCUT2D eigenvalue weighted by molar-refractivity contribution is 5.66. The lowest BCUT2D eigenvalue weighted by molar-refractivity contribution is -0.167. The summed E-state index contributed by atoms with van der Waals surface area (Å²) in [5.74, 6) is -0.531. The van der Waals surface area contributed by atoms with Gasteiger partial charge < -0.3 is 14.2 Å². The van der Waals surface area contributed by atoms with E-state index in [0.29, 0.717) is 6.61 Å². The second-order valence-electron chi connectivity index (χ2n) is 2.34. The van der Waals surface area contributed by atoms with Crippen LogP contribution in [0.15, 0.2) is 0 Å². The molecule has 0 aromatic carbocycles. The fourth-order valence-corrected chi connectivity index (χ4v) is 0.485. The predicted molar refractivity (Wildman–Crippen MR) is 50.5 cm³/mol. The molecule has 14 heavy (non-hydrogen) atoms. The molecule has 1 unspecified atom stereocenters. The first-order valence-electron chi connectivity index (χ1n) is 4.27. The number of methoxy groups -OCH3 is 1. The van der Waals surface area contributed by atoms with E-state index in [-0.39, 0.29) is 11.9 Å². The van der Waals surface area contributed by atoms with Crippen molar-refractivity contribution >= 4 is 11.9 Å². The van der Waals surface area contributed by atoms with Crippen molar-refractivity contribution < 1.29 is 23.8 Å². The van der Waals surface area contributed by atoms with E-state index in [1.54, 1.807) is 13.8 Å². The van der Waals surface area contributed by atoms with Crippen molar-refractivity contribution in [2.45, 2.75) is 34.0 Å². The van der Waals surface area contributed by atoms with E-state index < -0.39 is 6.29 Å². The van der Waals surface area contributed by atoms with Gasteiger partial charge in [-0.15, -0.1) is 0 Å². The predicted octanol–water partition coefficient (Wildman–Crippen LogP) is 1.11. The molecule has 0 saturated heterocycles. The standard InChI is InChI=1S/C5H10O3.C4H8O2/c1-4(6)8-5(2)7-3;1-3-6-4(2)5/h5H,1-3H3;3H2,1-2H3. The Hall–Kier alpha value is -1.10. The van der Waals surface area contributed by atoms with Crippen molar-refractivity contribution in [1.82, 2.24) is 0 Å². The highest BCUT2D eigenvalue weighted by Crippen LogP contribution is 1.89. The van der Waals surface area contributed by atoms with Crippen LogP contribution >= 0.6 is 0 Å². The molecule has 0 N–H and O–H groups in total. The molecule has 0 radical (unpaired) electrons. The molecule has 0 rings (SSSR count). The highest BCUT2D eigenvalue weighted by Gasteiger charge is 1.99. The lowest BCUT2D eigenvalue weighted by Crippen LogP contribution is -2.13. The number of rotatable bonds is 3. The molecule has 0 amide bonds. The molecule has 0 bridgehead atoms. The normalized spacial score (nSPS) is 10.6. The van der Waals surface area contributed by atoms with Gasteiger partial charge in [-0.25, -0.2) is 0 Å². The van der Waals surface area contributed by atoms with Gasteiger partial charge in [0.2, 0.25) is 0 Å². The van der Waals surface area contributed by atoms with Gasteiger partial charge in [0.25, 0.3) is 0 Å². The van der Waals surface area contributed by atoms with Gasteiger partial charge in [-0.1, -0.05) is 0 Å². The molecule has 0 aliphatic carbocycles. The lowest BCUT2D eigenvalue weighted by atomic mass is 10.7. The lowest BCUT2D eigenvalue weighted by Gasteiger charge is -2.07. The molecule has 0 aliphatic heterocycles. The molecule has 5 nitrogen and oxygen atoms in total. The van der Waals surface area contributed by atoms with E-state index in [4.69, 9.17) is 0 Å². The van der Waals surface area contributed by atoms with Gasteiger partial charge in [0.05, 0.1) is 6.61 Å². The molecule has 0 heterocycles. The maximum absolute atomic E-state index is 10.1. The minimum atomic E-state index is -0.424. The monoisotopic (exact) mass is 206 g/mol. The second-order valence-corrected chi connectivity index (χ2v) is 2.34. The van der Waals surface area contributed by atoms with E-state index in [1.807, 2.05) is 0 Å². The fraction of sp³-hybridized carbons (Fsp3) is 0.778. The Morgan fingerprint density at radius 2 is 1.71 bits per heavy atom. The topological polar surface area (TPSA) is 61.8 Å². The Balaban J connectivity index is 0. The number of carbonyl (C=O) groups is 2. The molecule has 5 heteroatoms. The van der Waals surface area contributed by atoms with Crippen LogP contribution in [0.1, 0.15) is 27.7 Å². The maximum Gasteiger partial charge on any atom is 0.304 e. The third-order valence-corrected chi connectivity index (χ3v) is 1.01. The number of hydrogen-bond donors (Lipinski definition) is 0. The number of ether oxygens (including phenoxy) is 3. The Kier molecular flexibility index (Phi) is 11.0. The van der Waals surface area contributed by atoms with E-state index in [0.717, 1.165) is 0 Å². The average molecular weight is 206 g/mol. The van der Waals surface area contributed by atoms with Gasteiger partial charge in [-0.2, -0.15) is 0 Å².